The minimum atomic E-state index is 0.769. The first-order valence-electron chi connectivity index (χ1n) is 6.57. The van der Waals surface area contributed by atoms with Crippen LogP contribution in [-0.4, -0.2) is 4.98 Å². The first-order chi connectivity index (χ1) is 9.75. The number of nitrogens with zero attached hydrogens (tertiary/aromatic N) is 1. The summed E-state index contributed by atoms with van der Waals surface area (Å²) in [6.45, 7) is 2.87. The number of para-hydroxylation sites is 1. The van der Waals surface area contributed by atoms with Crippen LogP contribution >= 0.6 is 15.9 Å². The highest BCUT2D eigenvalue weighted by Gasteiger charge is 2.04. The van der Waals surface area contributed by atoms with Gasteiger partial charge in [0.15, 0.2) is 0 Å². The maximum absolute atomic E-state index is 4.48. The van der Waals surface area contributed by atoms with Crippen molar-refractivity contribution in [2.45, 2.75) is 13.5 Å². The molecule has 0 radical (unpaired) electrons. The van der Waals surface area contributed by atoms with Crippen molar-refractivity contribution in [2.24, 2.45) is 0 Å². The molecular weight excluding hydrogens is 312 g/mol. The molecule has 3 rings (SSSR count). The summed E-state index contributed by atoms with van der Waals surface area (Å²) in [5.41, 5.74) is 4.64. The molecule has 0 unspecified atom stereocenters. The molecule has 0 saturated carbocycles. The van der Waals surface area contributed by atoms with Crippen molar-refractivity contribution in [3.05, 3.63) is 70.3 Å². The molecule has 0 spiro atoms. The van der Waals surface area contributed by atoms with E-state index in [4.69, 9.17) is 0 Å². The first-order valence-corrected chi connectivity index (χ1v) is 7.36. The summed E-state index contributed by atoms with van der Waals surface area (Å²) in [6.07, 6.45) is 1.84. The molecule has 0 saturated heterocycles. The average Bonchev–Trinajstić information content (AvgIpc) is 2.49. The molecule has 0 aliphatic carbocycles. The van der Waals surface area contributed by atoms with Gasteiger partial charge >= 0.3 is 0 Å². The maximum atomic E-state index is 4.48. The first kappa shape index (κ1) is 13.1. The van der Waals surface area contributed by atoms with E-state index in [1.807, 2.05) is 18.3 Å². The van der Waals surface area contributed by atoms with Gasteiger partial charge in [0.25, 0.3) is 0 Å². The molecule has 1 heterocycles. The number of anilines is 1. The molecular formula is C17H15BrN2. The molecule has 1 aromatic heterocycles. The summed E-state index contributed by atoms with van der Waals surface area (Å²) in [7, 11) is 0. The highest BCUT2D eigenvalue weighted by atomic mass is 79.9. The van der Waals surface area contributed by atoms with Crippen LogP contribution in [0.25, 0.3) is 10.9 Å². The minimum absolute atomic E-state index is 0.769. The molecule has 3 heteroatoms. The van der Waals surface area contributed by atoms with Gasteiger partial charge in [-0.25, -0.2) is 0 Å². The molecule has 0 aliphatic rings. The zero-order valence-corrected chi connectivity index (χ0v) is 12.8. The van der Waals surface area contributed by atoms with E-state index in [1.54, 1.807) is 0 Å². The zero-order valence-electron chi connectivity index (χ0n) is 11.2. The van der Waals surface area contributed by atoms with Crippen molar-refractivity contribution >= 4 is 32.5 Å². The number of pyridine rings is 1. The monoisotopic (exact) mass is 326 g/mol. The van der Waals surface area contributed by atoms with Gasteiger partial charge in [-0.05, 0) is 36.2 Å². The number of halogens is 1. The van der Waals surface area contributed by atoms with E-state index in [9.17, 15) is 0 Å². The zero-order chi connectivity index (χ0) is 13.9. The Balaban J connectivity index is 1.89. The second-order valence-corrected chi connectivity index (χ2v) is 5.61. The molecule has 0 amide bonds. The Labute approximate surface area is 127 Å². The lowest BCUT2D eigenvalue weighted by atomic mass is 10.1. The topological polar surface area (TPSA) is 24.9 Å². The van der Waals surface area contributed by atoms with Crippen LogP contribution < -0.4 is 5.32 Å². The van der Waals surface area contributed by atoms with Gasteiger partial charge in [-0.1, -0.05) is 46.3 Å². The van der Waals surface area contributed by atoms with Gasteiger partial charge in [0.1, 0.15) is 0 Å². The molecule has 100 valence electrons. The third-order valence-corrected chi connectivity index (χ3v) is 4.31. The lowest BCUT2D eigenvalue weighted by Crippen LogP contribution is -2.02. The summed E-state index contributed by atoms with van der Waals surface area (Å²) in [5, 5.41) is 4.67. The molecule has 0 atom stereocenters. The third kappa shape index (κ3) is 2.54. The van der Waals surface area contributed by atoms with Crippen LogP contribution in [0.4, 0.5) is 5.69 Å². The van der Waals surface area contributed by atoms with Crippen LogP contribution in [0.2, 0.25) is 0 Å². The molecule has 3 aromatic rings. The van der Waals surface area contributed by atoms with E-state index in [-0.39, 0.29) is 0 Å². The molecule has 20 heavy (non-hydrogen) atoms. The van der Waals surface area contributed by atoms with E-state index < -0.39 is 0 Å². The highest BCUT2D eigenvalue weighted by Crippen LogP contribution is 2.24. The van der Waals surface area contributed by atoms with E-state index >= 15 is 0 Å². The number of rotatable bonds is 3. The highest BCUT2D eigenvalue weighted by molar-refractivity contribution is 9.10. The van der Waals surface area contributed by atoms with Gasteiger partial charge in [-0.3, -0.25) is 4.98 Å². The van der Waals surface area contributed by atoms with E-state index in [1.165, 1.54) is 16.5 Å². The van der Waals surface area contributed by atoms with Crippen LogP contribution in [0.5, 0.6) is 0 Å². The number of fused-ring (bicyclic) bond motifs is 1. The van der Waals surface area contributed by atoms with Crippen molar-refractivity contribution in [3.8, 4) is 0 Å². The number of benzene rings is 2. The molecule has 2 nitrogen and oxygen atoms in total. The van der Waals surface area contributed by atoms with Crippen LogP contribution in [0.1, 0.15) is 11.1 Å². The smallest absolute Gasteiger partial charge is 0.0751 e. The number of hydrogen-bond donors (Lipinski definition) is 1. The normalized spacial score (nSPS) is 10.7. The van der Waals surface area contributed by atoms with E-state index in [2.05, 4.69) is 69.6 Å². The standard InChI is InChI=1S/C17H15BrN2/c1-12-15(18)8-3-9-16(12)20-11-14-6-2-5-13-7-4-10-19-17(13)14/h2-10,20H,11H2,1H3. The quantitative estimate of drug-likeness (QED) is 0.739. The van der Waals surface area contributed by atoms with Gasteiger partial charge in [-0.2, -0.15) is 0 Å². The largest absolute Gasteiger partial charge is 0.381 e. The summed E-state index contributed by atoms with van der Waals surface area (Å²) in [5.74, 6) is 0. The fourth-order valence-electron chi connectivity index (χ4n) is 2.30. The van der Waals surface area contributed by atoms with E-state index in [0.29, 0.717) is 0 Å². The molecule has 0 fully saturated rings. The van der Waals surface area contributed by atoms with Gasteiger partial charge in [0, 0.05) is 28.3 Å². The lowest BCUT2D eigenvalue weighted by molar-refractivity contribution is 1.14. The Kier molecular flexibility index (Phi) is 3.70. The SMILES string of the molecule is Cc1c(Br)cccc1NCc1cccc2cccnc12. The molecule has 1 N–H and O–H groups in total. The summed E-state index contributed by atoms with van der Waals surface area (Å²) in [6, 6.07) is 16.5. The Hall–Kier alpha value is -1.87. The van der Waals surface area contributed by atoms with Crippen LogP contribution in [-0.2, 0) is 6.54 Å². The Morgan fingerprint density at radius 2 is 1.85 bits per heavy atom. The Morgan fingerprint density at radius 1 is 1.05 bits per heavy atom. The fourth-order valence-corrected chi connectivity index (χ4v) is 2.67. The summed E-state index contributed by atoms with van der Waals surface area (Å²) >= 11 is 3.56. The number of nitrogens with one attached hydrogen (secondary N) is 1. The average molecular weight is 327 g/mol. The maximum Gasteiger partial charge on any atom is 0.0751 e. The second kappa shape index (κ2) is 5.63. The molecule has 2 aromatic carbocycles. The van der Waals surface area contributed by atoms with Crippen molar-refractivity contribution in [1.82, 2.24) is 4.98 Å². The van der Waals surface area contributed by atoms with Gasteiger partial charge in [-0.15, -0.1) is 0 Å². The van der Waals surface area contributed by atoms with E-state index in [0.717, 1.165) is 22.2 Å². The fraction of sp³-hybridized carbons (Fsp3) is 0.118. The number of hydrogen-bond acceptors (Lipinski definition) is 2. The number of aromatic nitrogens is 1. The van der Waals surface area contributed by atoms with Crippen LogP contribution in [0.3, 0.4) is 0 Å². The lowest BCUT2D eigenvalue weighted by Gasteiger charge is -2.12. The Bertz CT molecular complexity index is 748. The van der Waals surface area contributed by atoms with Gasteiger partial charge < -0.3 is 5.32 Å². The predicted octanol–water partition coefficient (Wildman–Crippen LogP) is 4.92. The van der Waals surface area contributed by atoms with Crippen molar-refractivity contribution in [3.63, 3.8) is 0 Å². The second-order valence-electron chi connectivity index (χ2n) is 4.76. The van der Waals surface area contributed by atoms with Gasteiger partial charge in [0.2, 0.25) is 0 Å². The van der Waals surface area contributed by atoms with Crippen LogP contribution in [0, 0.1) is 6.92 Å². The molecule has 0 bridgehead atoms. The van der Waals surface area contributed by atoms with Crippen molar-refractivity contribution < 1.29 is 0 Å². The molecule has 0 aliphatic heterocycles. The minimum Gasteiger partial charge on any atom is -0.381 e. The van der Waals surface area contributed by atoms with Crippen molar-refractivity contribution in [1.29, 1.82) is 0 Å². The third-order valence-electron chi connectivity index (χ3n) is 3.45. The Morgan fingerprint density at radius 3 is 2.75 bits per heavy atom. The summed E-state index contributed by atoms with van der Waals surface area (Å²) < 4.78 is 1.12. The predicted molar refractivity (Wildman–Crippen MR) is 87.9 cm³/mol. The summed E-state index contributed by atoms with van der Waals surface area (Å²) in [4.78, 5) is 4.48. The van der Waals surface area contributed by atoms with Crippen molar-refractivity contribution in [2.75, 3.05) is 5.32 Å². The van der Waals surface area contributed by atoms with Crippen LogP contribution in [0.15, 0.2) is 59.2 Å². The van der Waals surface area contributed by atoms with Gasteiger partial charge in [0.05, 0.1) is 5.52 Å².